The largest absolute Gasteiger partial charge is 0.326 e. The van der Waals surface area contributed by atoms with Gasteiger partial charge in [0.15, 0.2) is 0 Å². The lowest BCUT2D eigenvalue weighted by atomic mass is 10.1. The van der Waals surface area contributed by atoms with Crippen LogP contribution in [0.2, 0.25) is 0 Å². The fraction of sp³-hybridized carbons (Fsp3) is 0.333. The molecule has 0 spiro atoms. The van der Waals surface area contributed by atoms with Crippen LogP contribution in [-0.2, 0) is 9.59 Å². The molecule has 2 aromatic carbocycles. The number of benzene rings is 2. The van der Waals surface area contributed by atoms with Crippen LogP contribution >= 0.6 is 11.8 Å². The molecule has 27 heavy (non-hydrogen) atoms. The number of hydrogen-bond acceptors (Lipinski definition) is 3. The average molecular weight is 386 g/mol. The topological polar surface area (TPSA) is 49.4 Å². The zero-order chi connectivity index (χ0) is 19.6. The van der Waals surface area contributed by atoms with E-state index in [1.165, 1.54) is 22.7 Å². The van der Waals surface area contributed by atoms with Crippen molar-refractivity contribution < 1.29 is 14.0 Å². The monoisotopic (exact) mass is 386 g/mol. The maximum Gasteiger partial charge on any atom is 0.238 e. The van der Waals surface area contributed by atoms with Crippen molar-refractivity contribution in [2.75, 3.05) is 16.0 Å². The molecule has 0 aliphatic carbocycles. The number of rotatable bonds is 5. The van der Waals surface area contributed by atoms with Crippen molar-refractivity contribution in [3.8, 4) is 0 Å². The maximum absolute atomic E-state index is 14.3. The van der Waals surface area contributed by atoms with E-state index >= 15 is 0 Å². The molecule has 1 aliphatic heterocycles. The first kappa shape index (κ1) is 19.4. The highest BCUT2D eigenvalue weighted by atomic mass is 32.2. The zero-order valence-electron chi connectivity index (χ0n) is 15.7. The van der Waals surface area contributed by atoms with E-state index in [0.29, 0.717) is 29.5 Å². The van der Waals surface area contributed by atoms with Gasteiger partial charge in [-0.3, -0.25) is 14.5 Å². The van der Waals surface area contributed by atoms with Crippen LogP contribution in [0.5, 0.6) is 0 Å². The molecule has 1 unspecified atom stereocenters. The summed E-state index contributed by atoms with van der Waals surface area (Å²) in [5.41, 5.74) is 2.82. The number of nitrogens with zero attached hydrogens (tertiary/aromatic N) is 1. The zero-order valence-corrected chi connectivity index (χ0v) is 16.5. The van der Waals surface area contributed by atoms with Gasteiger partial charge < -0.3 is 5.32 Å². The number of carbonyl (C=O) groups is 2. The normalized spacial score (nSPS) is 16.9. The fourth-order valence-electron chi connectivity index (χ4n) is 3.05. The van der Waals surface area contributed by atoms with Gasteiger partial charge in [-0.1, -0.05) is 32.0 Å². The molecular formula is C21H23FN2O2S. The number of aryl methyl sites for hydroxylation is 1. The molecule has 1 fully saturated rings. The lowest BCUT2D eigenvalue weighted by Crippen LogP contribution is -2.28. The van der Waals surface area contributed by atoms with Crippen molar-refractivity contribution in [3.05, 3.63) is 59.4 Å². The first-order chi connectivity index (χ1) is 12.8. The van der Waals surface area contributed by atoms with Crippen LogP contribution < -0.4 is 10.2 Å². The van der Waals surface area contributed by atoms with Crippen LogP contribution in [0.15, 0.2) is 42.5 Å². The number of nitrogens with one attached hydrogen (secondary N) is 1. The molecule has 1 N–H and O–H groups in total. The van der Waals surface area contributed by atoms with Gasteiger partial charge in [-0.25, -0.2) is 4.39 Å². The Morgan fingerprint density at radius 2 is 1.96 bits per heavy atom. The van der Waals surface area contributed by atoms with E-state index < -0.39 is 5.82 Å². The minimum Gasteiger partial charge on any atom is -0.326 e. The van der Waals surface area contributed by atoms with Gasteiger partial charge in [-0.2, -0.15) is 0 Å². The SMILES string of the molecule is Cc1ccc(F)c(N2C(=O)CSC2c2ccc(NC(=O)CC(C)C)cc2)c1. The predicted molar refractivity (Wildman–Crippen MR) is 108 cm³/mol. The summed E-state index contributed by atoms with van der Waals surface area (Å²) in [5, 5.41) is 2.59. The molecule has 142 valence electrons. The molecule has 0 aromatic heterocycles. The van der Waals surface area contributed by atoms with Crippen molar-refractivity contribution in [3.63, 3.8) is 0 Å². The van der Waals surface area contributed by atoms with Gasteiger partial charge in [0.2, 0.25) is 11.8 Å². The van der Waals surface area contributed by atoms with Gasteiger partial charge in [-0.15, -0.1) is 11.8 Å². The maximum atomic E-state index is 14.3. The minimum atomic E-state index is -0.404. The highest BCUT2D eigenvalue weighted by Crippen LogP contribution is 2.42. The molecule has 1 saturated heterocycles. The second-order valence-corrected chi connectivity index (χ2v) is 8.22. The number of amides is 2. The third kappa shape index (κ3) is 4.50. The Bertz CT molecular complexity index is 852. The van der Waals surface area contributed by atoms with Crippen LogP contribution in [0.1, 0.15) is 36.8 Å². The summed E-state index contributed by atoms with van der Waals surface area (Å²) in [6.07, 6.45) is 0.467. The second-order valence-electron chi connectivity index (χ2n) is 7.15. The summed E-state index contributed by atoms with van der Waals surface area (Å²) in [4.78, 5) is 25.8. The molecule has 1 atom stereocenters. The van der Waals surface area contributed by atoms with Crippen LogP contribution in [-0.4, -0.2) is 17.6 Å². The Kier molecular flexibility index (Phi) is 5.85. The number of anilines is 2. The summed E-state index contributed by atoms with van der Waals surface area (Å²) in [6.45, 7) is 5.87. The fourth-order valence-corrected chi connectivity index (χ4v) is 4.22. The van der Waals surface area contributed by atoms with Gasteiger partial charge in [0.25, 0.3) is 0 Å². The quantitative estimate of drug-likeness (QED) is 0.795. The van der Waals surface area contributed by atoms with Gasteiger partial charge in [-0.05, 0) is 48.2 Å². The molecule has 3 rings (SSSR count). The Hall–Kier alpha value is -2.34. The second kappa shape index (κ2) is 8.13. The van der Waals surface area contributed by atoms with Crippen LogP contribution in [0.3, 0.4) is 0 Å². The van der Waals surface area contributed by atoms with Crippen molar-refractivity contribution in [1.82, 2.24) is 0 Å². The molecule has 1 heterocycles. The summed E-state index contributed by atoms with van der Waals surface area (Å²) in [7, 11) is 0. The summed E-state index contributed by atoms with van der Waals surface area (Å²) in [5.74, 6) is 0.0719. The number of hydrogen-bond donors (Lipinski definition) is 1. The lowest BCUT2D eigenvalue weighted by molar-refractivity contribution is -0.117. The minimum absolute atomic E-state index is 0.0216. The van der Waals surface area contributed by atoms with Gasteiger partial charge in [0.05, 0.1) is 11.4 Å². The van der Waals surface area contributed by atoms with Crippen LogP contribution in [0, 0.1) is 18.7 Å². The van der Waals surface area contributed by atoms with Crippen molar-refractivity contribution in [2.45, 2.75) is 32.6 Å². The highest BCUT2D eigenvalue weighted by Gasteiger charge is 2.35. The molecule has 4 nitrogen and oxygen atoms in total. The molecule has 0 bridgehead atoms. The molecule has 0 radical (unpaired) electrons. The standard InChI is InChI=1S/C21H23FN2O2S/c1-13(2)10-19(25)23-16-7-5-15(6-8-16)21-24(20(26)12-27-21)18-11-14(3)4-9-17(18)22/h4-9,11,13,21H,10,12H2,1-3H3,(H,23,25). The third-order valence-corrected chi connectivity index (χ3v) is 5.51. The van der Waals surface area contributed by atoms with Crippen LogP contribution in [0.4, 0.5) is 15.8 Å². The van der Waals surface area contributed by atoms with E-state index in [1.54, 1.807) is 12.1 Å². The van der Waals surface area contributed by atoms with Crippen molar-refractivity contribution in [1.29, 1.82) is 0 Å². The Balaban J connectivity index is 1.81. The van der Waals surface area contributed by atoms with Gasteiger partial charge in [0, 0.05) is 12.1 Å². The number of carbonyl (C=O) groups excluding carboxylic acids is 2. The van der Waals surface area contributed by atoms with E-state index in [9.17, 15) is 14.0 Å². The Morgan fingerprint density at radius 3 is 2.63 bits per heavy atom. The Labute approximate surface area is 163 Å². The molecule has 0 saturated carbocycles. The molecule has 1 aliphatic rings. The van der Waals surface area contributed by atoms with Crippen LogP contribution in [0.25, 0.3) is 0 Å². The van der Waals surface area contributed by atoms with Gasteiger partial charge >= 0.3 is 0 Å². The summed E-state index contributed by atoms with van der Waals surface area (Å²) < 4.78 is 14.3. The summed E-state index contributed by atoms with van der Waals surface area (Å²) >= 11 is 1.47. The predicted octanol–water partition coefficient (Wildman–Crippen LogP) is 4.90. The highest BCUT2D eigenvalue weighted by molar-refractivity contribution is 8.00. The molecule has 6 heteroatoms. The van der Waals surface area contributed by atoms with E-state index in [0.717, 1.165) is 11.1 Å². The Morgan fingerprint density at radius 1 is 1.26 bits per heavy atom. The third-order valence-electron chi connectivity index (χ3n) is 4.30. The van der Waals surface area contributed by atoms with Gasteiger partial charge in [0.1, 0.15) is 11.2 Å². The average Bonchev–Trinajstić information content (AvgIpc) is 2.98. The smallest absolute Gasteiger partial charge is 0.238 e. The number of thioether (sulfide) groups is 1. The first-order valence-electron chi connectivity index (χ1n) is 8.95. The molecule has 2 aromatic rings. The van der Waals surface area contributed by atoms with E-state index in [-0.39, 0.29) is 17.2 Å². The molecule has 2 amide bonds. The first-order valence-corrected chi connectivity index (χ1v) is 9.99. The lowest BCUT2D eigenvalue weighted by Gasteiger charge is -2.25. The number of halogens is 1. The molecular weight excluding hydrogens is 363 g/mol. The van der Waals surface area contributed by atoms with Crippen molar-refractivity contribution in [2.24, 2.45) is 5.92 Å². The van der Waals surface area contributed by atoms with E-state index in [4.69, 9.17) is 0 Å². The summed E-state index contributed by atoms with van der Waals surface area (Å²) in [6, 6.07) is 12.2. The van der Waals surface area contributed by atoms with E-state index in [1.807, 2.05) is 45.0 Å². The van der Waals surface area contributed by atoms with E-state index in [2.05, 4.69) is 5.32 Å². The van der Waals surface area contributed by atoms with Crippen molar-refractivity contribution >= 4 is 35.0 Å².